The summed E-state index contributed by atoms with van der Waals surface area (Å²) in [6.07, 6.45) is 0. The van der Waals surface area contributed by atoms with Gasteiger partial charge in [0, 0.05) is 0 Å². The molecule has 0 aliphatic heterocycles. The second-order valence-electron chi connectivity index (χ2n) is 16.5. The Bertz CT molecular complexity index is 2450. The topological polar surface area (TPSA) is 0 Å². The number of hydrogen-bond acceptors (Lipinski definition) is 0. The third kappa shape index (κ3) is 5.66. The highest BCUT2D eigenvalue weighted by atomic mass is 14.3. The smallest absolute Gasteiger partial charge is 0.00139 e. The minimum Gasteiger partial charge on any atom is -0.0610 e. The van der Waals surface area contributed by atoms with Crippen molar-refractivity contribution in [2.75, 3.05) is 0 Å². The van der Waals surface area contributed by atoms with Crippen LogP contribution in [0.5, 0.6) is 0 Å². The highest BCUT2D eigenvalue weighted by molar-refractivity contribution is 6.05. The molecular weight excluding hydrogens is 649 g/mol. The lowest BCUT2D eigenvalue weighted by Gasteiger charge is -2.17. The average molecular weight is 701 g/mol. The Morgan fingerprint density at radius 1 is 0.241 bits per heavy atom. The first kappa shape index (κ1) is 35.6. The zero-order valence-corrected chi connectivity index (χ0v) is 34.2. The van der Waals surface area contributed by atoms with Crippen LogP contribution in [0.25, 0.3) is 66.1 Å². The molecule has 8 rings (SSSR count). The van der Waals surface area contributed by atoms with Gasteiger partial charge in [-0.2, -0.15) is 0 Å². The molecule has 0 atom stereocenters. The van der Waals surface area contributed by atoms with Crippen LogP contribution < -0.4 is 0 Å². The van der Waals surface area contributed by atoms with E-state index in [-0.39, 0.29) is 0 Å². The largest absolute Gasteiger partial charge is 0.0610 e. The third-order valence-electron chi connectivity index (χ3n) is 11.9. The average Bonchev–Trinajstić information content (AvgIpc) is 3.30. The Morgan fingerprint density at radius 3 is 0.611 bits per heavy atom. The van der Waals surface area contributed by atoms with Crippen molar-refractivity contribution in [3.63, 3.8) is 0 Å². The summed E-state index contributed by atoms with van der Waals surface area (Å²) < 4.78 is 0. The number of benzene rings is 6. The van der Waals surface area contributed by atoms with Crippen molar-refractivity contribution >= 4 is 21.5 Å². The molecule has 0 nitrogen and oxygen atoms in total. The fourth-order valence-corrected chi connectivity index (χ4v) is 10.4. The van der Waals surface area contributed by atoms with Gasteiger partial charge in [-0.3, -0.25) is 0 Å². The predicted molar refractivity (Wildman–Crippen MR) is 235 cm³/mol. The Kier molecular flexibility index (Phi) is 8.65. The molecule has 0 amide bonds. The van der Waals surface area contributed by atoms with Crippen LogP contribution in [0.3, 0.4) is 0 Å². The summed E-state index contributed by atoms with van der Waals surface area (Å²) in [4.78, 5) is 0. The summed E-state index contributed by atoms with van der Waals surface area (Å²) in [5, 5.41) is 7.82. The maximum atomic E-state index is 2.54. The molecule has 6 aromatic rings. The molecule has 0 radical (unpaired) electrons. The summed E-state index contributed by atoms with van der Waals surface area (Å²) in [7, 11) is 0. The van der Waals surface area contributed by atoms with Crippen molar-refractivity contribution in [3.05, 3.63) is 174 Å². The Hall–Kier alpha value is -5.46. The molecule has 0 saturated heterocycles. The summed E-state index contributed by atoms with van der Waals surface area (Å²) >= 11 is 0. The molecule has 0 unspecified atom stereocenters. The van der Waals surface area contributed by atoms with Crippen LogP contribution in [-0.2, 0) is 0 Å². The predicted octanol–water partition coefficient (Wildman–Crippen LogP) is 15.1. The van der Waals surface area contributed by atoms with Crippen LogP contribution in [-0.4, -0.2) is 0 Å². The first-order valence-corrected chi connectivity index (χ1v) is 19.5. The summed E-state index contributed by atoms with van der Waals surface area (Å²) in [5.74, 6) is 0. The second-order valence-corrected chi connectivity index (χ2v) is 16.5. The van der Waals surface area contributed by atoms with Crippen molar-refractivity contribution in [2.45, 2.75) is 83.1 Å². The van der Waals surface area contributed by atoms with Gasteiger partial charge >= 0.3 is 0 Å². The molecule has 6 aromatic carbocycles. The molecule has 0 N–H and O–H groups in total. The fourth-order valence-electron chi connectivity index (χ4n) is 10.4. The maximum Gasteiger partial charge on any atom is -0.00139 e. The fraction of sp³-hybridized carbons (Fsp3) is 0.222. The van der Waals surface area contributed by atoms with Crippen LogP contribution in [0.4, 0.5) is 0 Å². The van der Waals surface area contributed by atoms with E-state index in [0.717, 1.165) is 0 Å². The second kappa shape index (κ2) is 13.1. The van der Waals surface area contributed by atoms with E-state index in [9.17, 15) is 0 Å². The minimum atomic E-state index is 1.29. The molecule has 0 heterocycles. The van der Waals surface area contributed by atoms with Gasteiger partial charge in [-0.15, -0.1) is 0 Å². The molecule has 0 fully saturated rings. The zero-order valence-electron chi connectivity index (χ0n) is 34.2. The quantitative estimate of drug-likeness (QED) is 0.171. The van der Waals surface area contributed by atoms with Crippen molar-refractivity contribution in [3.8, 4) is 44.5 Å². The van der Waals surface area contributed by atoms with Gasteiger partial charge in [0.2, 0.25) is 0 Å². The van der Waals surface area contributed by atoms with E-state index in [1.807, 2.05) is 0 Å². The van der Waals surface area contributed by atoms with E-state index in [4.69, 9.17) is 0 Å². The van der Waals surface area contributed by atoms with Crippen LogP contribution in [0.15, 0.2) is 97.1 Å². The number of aryl methyl sites for hydroxylation is 12. The van der Waals surface area contributed by atoms with E-state index in [1.165, 1.54) is 143 Å². The van der Waals surface area contributed by atoms with Gasteiger partial charge in [0.25, 0.3) is 0 Å². The van der Waals surface area contributed by atoms with E-state index in [2.05, 4.69) is 180 Å². The Morgan fingerprint density at radius 2 is 0.426 bits per heavy atom. The maximum absolute atomic E-state index is 2.54. The highest BCUT2D eigenvalue weighted by Crippen LogP contribution is 2.46. The molecular formula is C54H52. The van der Waals surface area contributed by atoms with Crippen LogP contribution >= 0.6 is 0 Å². The third-order valence-corrected chi connectivity index (χ3v) is 11.9. The van der Waals surface area contributed by atoms with E-state index in [1.54, 1.807) is 0 Å². The highest BCUT2D eigenvalue weighted by Gasteiger charge is 2.22. The first-order valence-electron chi connectivity index (χ1n) is 19.5. The summed E-state index contributed by atoms with van der Waals surface area (Å²) in [6, 6.07) is 38.1. The molecule has 54 heavy (non-hydrogen) atoms. The van der Waals surface area contributed by atoms with E-state index >= 15 is 0 Å². The van der Waals surface area contributed by atoms with Crippen LogP contribution in [0.2, 0.25) is 0 Å². The first-order chi connectivity index (χ1) is 25.7. The summed E-state index contributed by atoms with van der Waals surface area (Å²) in [5.41, 5.74) is 26.2. The molecule has 0 heteroatoms. The normalized spacial score (nSPS) is 11.7. The van der Waals surface area contributed by atoms with Gasteiger partial charge in [-0.1, -0.05) is 107 Å². The van der Waals surface area contributed by atoms with Crippen molar-refractivity contribution in [1.29, 1.82) is 0 Å². The molecule has 0 spiro atoms. The number of hydrogen-bond donors (Lipinski definition) is 0. The molecule has 268 valence electrons. The zero-order chi connectivity index (χ0) is 38.3. The van der Waals surface area contributed by atoms with Gasteiger partial charge in [0.1, 0.15) is 0 Å². The molecule has 0 saturated carbocycles. The molecule has 2 aliphatic carbocycles. The Balaban J connectivity index is 1.77. The van der Waals surface area contributed by atoms with Crippen LogP contribution in [0, 0.1) is 93.5 Å². The van der Waals surface area contributed by atoms with Gasteiger partial charge < -0.3 is 0 Å². The van der Waals surface area contributed by atoms with Crippen LogP contribution in [0.1, 0.15) is 66.8 Å². The van der Waals surface area contributed by atoms with Gasteiger partial charge in [0.15, 0.2) is 0 Å². The lowest BCUT2D eigenvalue weighted by atomic mass is 9.87. The van der Waals surface area contributed by atoms with E-state index in [0.29, 0.717) is 0 Å². The SMILES string of the molecule is Cc1cc(C)c(-c2cc(-c3c(C)cc(C)cc3C)c3cccc4c(-c5c(C)cc(C)cc5C)cc(-c5c(C)cc(C)cc5C)c5cccc2c5=c34)c(C)c1. The molecule has 0 aromatic heterocycles. The van der Waals surface area contributed by atoms with Gasteiger partial charge in [-0.05, 0) is 216 Å². The van der Waals surface area contributed by atoms with E-state index < -0.39 is 0 Å². The lowest BCUT2D eigenvalue weighted by Crippen LogP contribution is -1.94. The summed E-state index contributed by atoms with van der Waals surface area (Å²) in [6.45, 7) is 27.2. The van der Waals surface area contributed by atoms with Gasteiger partial charge in [0.05, 0.1) is 0 Å². The van der Waals surface area contributed by atoms with Gasteiger partial charge in [-0.25, -0.2) is 0 Å². The van der Waals surface area contributed by atoms with Crippen molar-refractivity contribution in [1.82, 2.24) is 0 Å². The lowest BCUT2D eigenvalue weighted by molar-refractivity contribution is 1.32. The van der Waals surface area contributed by atoms with Crippen molar-refractivity contribution < 1.29 is 0 Å². The molecule has 0 bridgehead atoms. The number of rotatable bonds is 4. The monoisotopic (exact) mass is 700 g/mol. The molecule has 2 aliphatic rings. The standard InChI is InChI=1S/C54H52/c1-29-19-33(5)49(34(6)20-29)45-27-46(50-35(7)21-30(2)22-36(50)8)42-17-14-18-44-48(52-39(11)25-32(4)26-40(52)12)28-47(51-37(9)23-31(3)24-38(51)10)43-16-13-15-41(45)53(43)54(42)44/h13-28H,1-12H3. The van der Waals surface area contributed by atoms with Crippen molar-refractivity contribution in [2.24, 2.45) is 0 Å². The minimum absolute atomic E-state index is 1.29. The Labute approximate surface area is 322 Å².